The van der Waals surface area contributed by atoms with Crippen molar-refractivity contribution in [2.75, 3.05) is 26.8 Å². The van der Waals surface area contributed by atoms with E-state index in [0.717, 1.165) is 43.9 Å². The number of aromatic nitrogens is 1. The maximum Gasteiger partial charge on any atom is 0.213 e. The summed E-state index contributed by atoms with van der Waals surface area (Å²) in [4.78, 5) is 8.54. The largest absolute Gasteiger partial charge is 0.478 e. The van der Waals surface area contributed by atoms with E-state index in [9.17, 15) is 0 Å². The fraction of sp³-hybridized carbons (Fsp3) is 0.647. The van der Waals surface area contributed by atoms with Crippen LogP contribution in [0.1, 0.15) is 38.7 Å². The number of nitrogens with one attached hydrogen (secondary N) is 2. The normalized spacial score (nSPS) is 20.4. The first-order valence-electron chi connectivity index (χ1n) is 8.31. The Morgan fingerprint density at radius 3 is 2.83 bits per heavy atom. The second-order valence-corrected chi connectivity index (χ2v) is 6.03. The maximum atomic E-state index is 5.77. The number of rotatable bonds is 7. The monoisotopic (exact) mass is 448 g/mol. The summed E-state index contributed by atoms with van der Waals surface area (Å²) in [6.07, 6.45) is 5.02. The second kappa shape index (κ2) is 10.7. The van der Waals surface area contributed by atoms with Crippen LogP contribution in [0.2, 0.25) is 0 Å². The zero-order valence-electron chi connectivity index (χ0n) is 14.8. The molecule has 1 aromatic heterocycles. The Labute approximate surface area is 161 Å². The third kappa shape index (κ3) is 6.80. The minimum atomic E-state index is -0.0859. The van der Waals surface area contributed by atoms with Gasteiger partial charge in [-0.25, -0.2) is 4.98 Å². The summed E-state index contributed by atoms with van der Waals surface area (Å²) in [5.41, 5.74) is 0.998. The second-order valence-electron chi connectivity index (χ2n) is 6.03. The maximum absolute atomic E-state index is 5.77. The summed E-state index contributed by atoms with van der Waals surface area (Å²) >= 11 is 0. The van der Waals surface area contributed by atoms with Crippen LogP contribution < -0.4 is 15.4 Å². The van der Waals surface area contributed by atoms with E-state index in [-0.39, 0.29) is 29.6 Å². The molecular weight excluding hydrogens is 419 g/mol. The van der Waals surface area contributed by atoms with Crippen LogP contribution in [0.5, 0.6) is 5.88 Å². The van der Waals surface area contributed by atoms with Crippen molar-refractivity contribution in [3.8, 4) is 5.88 Å². The Bertz CT molecular complexity index is 502. The molecule has 0 aromatic carbocycles. The van der Waals surface area contributed by atoms with Crippen molar-refractivity contribution >= 4 is 29.9 Å². The van der Waals surface area contributed by atoms with E-state index in [1.54, 1.807) is 7.05 Å². The van der Waals surface area contributed by atoms with Gasteiger partial charge in [-0.2, -0.15) is 0 Å². The smallest absolute Gasteiger partial charge is 0.213 e. The van der Waals surface area contributed by atoms with Crippen molar-refractivity contribution in [2.24, 2.45) is 4.99 Å². The minimum Gasteiger partial charge on any atom is -0.478 e. The fourth-order valence-electron chi connectivity index (χ4n) is 2.46. The number of hydrogen-bond donors (Lipinski definition) is 2. The van der Waals surface area contributed by atoms with Crippen molar-refractivity contribution in [2.45, 2.75) is 45.3 Å². The standard InChI is InChI=1S/C17H28N4O2.HI/c1-4-9-22-15-7-6-14(11-19-15)12-20-16(18-3)21-13-17(2)8-5-10-23-17;/h6-7,11H,4-5,8-10,12-13H2,1-3H3,(H2,18,20,21);1H. The van der Waals surface area contributed by atoms with Crippen LogP contribution in [0.15, 0.2) is 23.3 Å². The Morgan fingerprint density at radius 1 is 1.42 bits per heavy atom. The highest BCUT2D eigenvalue weighted by Crippen LogP contribution is 2.23. The Kier molecular flexibility index (Phi) is 9.35. The van der Waals surface area contributed by atoms with Gasteiger partial charge in [-0.3, -0.25) is 4.99 Å². The van der Waals surface area contributed by atoms with Crippen LogP contribution in [0.25, 0.3) is 0 Å². The molecule has 1 atom stereocenters. The SMILES string of the molecule is CCCOc1ccc(CNC(=NC)NCC2(C)CCCO2)cn1.I. The topological polar surface area (TPSA) is 67.8 Å². The van der Waals surface area contributed by atoms with Crippen LogP contribution >= 0.6 is 24.0 Å². The van der Waals surface area contributed by atoms with E-state index < -0.39 is 0 Å². The van der Waals surface area contributed by atoms with E-state index >= 15 is 0 Å². The van der Waals surface area contributed by atoms with E-state index in [2.05, 4.69) is 34.5 Å². The molecule has 0 aliphatic carbocycles. The van der Waals surface area contributed by atoms with Crippen molar-refractivity contribution in [1.29, 1.82) is 0 Å². The zero-order valence-corrected chi connectivity index (χ0v) is 17.1. The molecule has 0 bridgehead atoms. The molecule has 0 amide bonds. The summed E-state index contributed by atoms with van der Waals surface area (Å²) in [5.74, 6) is 1.44. The molecule has 6 nitrogen and oxygen atoms in total. The molecular formula is C17H29IN4O2. The summed E-state index contributed by atoms with van der Waals surface area (Å²) < 4.78 is 11.3. The highest BCUT2D eigenvalue weighted by atomic mass is 127. The molecule has 1 aromatic rings. The quantitative estimate of drug-likeness (QED) is 0.382. The third-order valence-electron chi connectivity index (χ3n) is 3.87. The van der Waals surface area contributed by atoms with Crippen LogP contribution in [0.4, 0.5) is 0 Å². The van der Waals surface area contributed by atoms with Crippen molar-refractivity contribution in [3.05, 3.63) is 23.9 Å². The Hall–Kier alpha value is -1.09. The molecule has 136 valence electrons. The molecule has 0 saturated carbocycles. The molecule has 2 heterocycles. The predicted octanol–water partition coefficient (Wildman–Crippen LogP) is 2.72. The van der Waals surface area contributed by atoms with Gasteiger partial charge >= 0.3 is 0 Å². The average molecular weight is 448 g/mol. The summed E-state index contributed by atoms with van der Waals surface area (Å²) in [6, 6.07) is 3.91. The van der Waals surface area contributed by atoms with Crippen LogP contribution in [-0.4, -0.2) is 43.4 Å². The first kappa shape index (κ1) is 21.0. The third-order valence-corrected chi connectivity index (χ3v) is 3.87. The van der Waals surface area contributed by atoms with Crippen molar-refractivity contribution in [1.82, 2.24) is 15.6 Å². The lowest BCUT2D eigenvalue weighted by Crippen LogP contribution is -2.45. The Balaban J connectivity index is 0.00000288. The van der Waals surface area contributed by atoms with Gasteiger partial charge in [0.2, 0.25) is 5.88 Å². The zero-order chi connectivity index (χ0) is 16.5. The molecule has 2 rings (SSSR count). The molecule has 1 aliphatic heterocycles. The van der Waals surface area contributed by atoms with Crippen molar-refractivity contribution < 1.29 is 9.47 Å². The lowest BCUT2D eigenvalue weighted by Gasteiger charge is -2.24. The fourth-order valence-corrected chi connectivity index (χ4v) is 2.46. The first-order valence-corrected chi connectivity index (χ1v) is 8.31. The number of aliphatic imine (C=N–C) groups is 1. The van der Waals surface area contributed by atoms with Gasteiger partial charge in [0.15, 0.2) is 5.96 Å². The number of nitrogens with zero attached hydrogens (tertiary/aromatic N) is 2. The molecule has 24 heavy (non-hydrogen) atoms. The van der Waals surface area contributed by atoms with Gasteiger partial charge in [-0.15, -0.1) is 24.0 Å². The highest BCUT2D eigenvalue weighted by Gasteiger charge is 2.29. The summed E-state index contributed by atoms with van der Waals surface area (Å²) in [5, 5.41) is 6.62. The molecule has 1 saturated heterocycles. The van der Waals surface area contributed by atoms with Crippen LogP contribution in [-0.2, 0) is 11.3 Å². The predicted molar refractivity (Wildman–Crippen MR) is 107 cm³/mol. The van der Waals surface area contributed by atoms with Gasteiger partial charge < -0.3 is 20.1 Å². The molecule has 2 N–H and O–H groups in total. The molecule has 1 aliphatic rings. The van der Waals surface area contributed by atoms with Gasteiger partial charge in [0, 0.05) is 39.0 Å². The van der Waals surface area contributed by atoms with Crippen LogP contribution in [0.3, 0.4) is 0 Å². The average Bonchev–Trinajstić information content (AvgIpc) is 3.01. The number of guanidine groups is 1. The number of pyridine rings is 1. The van der Waals surface area contributed by atoms with E-state index in [4.69, 9.17) is 9.47 Å². The van der Waals surface area contributed by atoms with Gasteiger partial charge in [0.05, 0.1) is 12.2 Å². The van der Waals surface area contributed by atoms with E-state index in [0.29, 0.717) is 19.0 Å². The molecule has 0 radical (unpaired) electrons. The lowest BCUT2D eigenvalue weighted by molar-refractivity contribution is 0.0243. The van der Waals surface area contributed by atoms with E-state index in [1.165, 1.54) is 0 Å². The van der Waals surface area contributed by atoms with E-state index in [1.807, 2.05) is 18.3 Å². The van der Waals surface area contributed by atoms with Crippen LogP contribution in [0, 0.1) is 0 Å². The minimum absolute atomic E-state index is 0. The highest BCUT2D eigenvalue weighted by molar-refractivity contribution is 14.0. The Morgan fingerprint density at radius 2 is 2.25 bits per heavy atom. The molecule has 1 unspecified atom stereocenters. The summed E-state index contributed by atoms with van der Waals surface area (Å²) in [7, 11) is 1.77. The van der Waals surface area contributed by atoms with Gasteiger partial charge in [0.1, 0.15) is 0 Å². The number of ether oxygens (including phenoxy) is 2. The summed E-state index contributed by atoms with van der Waals surface area (Å²) in [6.45, 7) is 7.19. The van der Waals surface area contributed by atoms with Gasteiger partial charge in [-0.05, 0) is 31.7 Å². The van der Waals surface area contributed by atoms with Gasteiger partial charge in [0.25, 0.3) is 0 Å². The molecule has 7 heteroatoms. The van der Waals surface area contributed by atoms with Crippen molar-refractivity contribution in [3.63, 3.8) is 0 Å². The molecule has 1 fully saturated rings. The number of hydrogen-bond acceptors (Lipinski definition) is 4. The first-order chi connectivity index (χ1) is 11.1. The number of halogens is 1. The van der Waals surface area contributed by atoms with Gasteiger partial charge in [-0.1, -0.05) is 13.0 Å². The molecule has 0 spiro atoms. The lowest BCUT2D eigenvalue weighted by atomic mass is 10.0.